The highest BCUT2D eigenvalue weighted by Gasteiger charge is 2.31. The molecule has 1 aromatic carbocycles. The minimum Gasteiger partial charge on any atom is -0.481 e. The fourth-order valence-electron chi connectivity index (χ4n) is 2.23. The lowest BCUT2D eigenvalue weighted by atomic mass is 10.2. The van der Waals surface area contributed by atoms with Crippen molar-refractivity contribution in [2.24, 2.45) is 0 Å². The lowest BCUT2D eigenvalue weighted by Gasteiger charge is -2.17. The van der Waals surface area contributed by atoms with Gasteiger partial charge in [0.25, 0.3) is 0 Å². The molecule has 0 bridgehead atoms. The summed E-state index contributed by atoms with van der Waals surface area (Å²) >= 11 is 5.61. The van der Waals surface area contributed by atoms with E-state index < -0.39 is 23.9 Å². The van der Waals surface area contributed by atoms with E-state index in [-0.39, 0.29) is 36.9 Å². The molecule has 1 saturated heterocycles. The van der Waals surface area contributed by atoms with Crippen LogP contribution in [0.3, 0.4) is 0 Å². The Morgan fingerprint density at radius 1 is 1.43 bits per heavy atom. The molecule has 124 valence electrons. The van der Waals surface area contributed by atoms with Crippen LogP contribution in [0.25, 0.3) is 0 Å². The van der Waals surface area contributed by atoms with Gasteiger partial charge >= 0.3 is 12.0 Å². The molecule has 0 radical (unpaired) electrons. The van der Waals surface area contributed by atoms with E-state index in [0.29, 0.717) is 5.69 Å². The number of carboxylic acids is 1. The van der Waals surface area contributed by atoms with E-state index in [1.165, 1.54) is 17.0 Å². The first-order valence-electron chi connectivity index (χ1n) is 6.88. The predicted octanol–water partition coefficient (Wildman–Crippen LogP) is 1.36. The Balaban J connectivity index is 1.90. The van der Waals surface area contributed by atoms with Crippen molar-refractivity contribution in [3.8, 4) is 0 Å². The molecular weight excluding hydrogens is 329 g/mol. The number of aliphatic carboxylic acids is 1. The Bertz CT molecular complexity index is 640. The summed E-state index contributed by atoms with van der Waals surface area (Å²) in [6.45, 7) is 0.195. The van der Waals surface area contributed by atoms with Gasteiger partial charge in [-0.25, -0.2) is 9.18 Å². The van der Waals surface area contributed by atoms with E-state index in [0.717, 1.165) is 6.07 Å². The molecule has 1 unspecified atom stereocenters. The summed E-state index contributed by atoms with van der Waals surface area (Å²) in [5, 5.41) is 13.4. The standard InChI is InChI=1S/C14H15ClFN3O4/c15-10-2-1-9(6-11(10)16)19-7-8(5-12(19)20)18-14(23)17-4-3-13(21)22/h1-2,6,8H,3-5,7H2,(H,21,22)(H2,17,18,23). The Hall–Kier alpha value is -2.35. The molecule has 3 amide bonds. The minimum atomic E-state index is -1.02. The predicted molar refractivity (Wildman–Crippen MR) is 81.0 cm³/mol. The first-order chi connectivity index (χ1) is 10.9. The van der Waals surface area contributed by atoms with E-state index in [1.54, 1.807) is 0 Å². The van der Waals surface area contributed by atoms with Gasteiger partial charge in [-0.1, -0.05) is 11.6 Å². The van der Waals surface area contributed by atoms with Crippen LogP contribution in [0, 0.1) is 5.82 Å². The third-order valence-electron chi connectivity index (χ3n) is 3.30. The molecule has 1 heterocycles. The van der Waals surface area contributed by atoms with Crippen LogP contribution >= 0.6 is 11.6 Å². The summed E-state index contributed by atoms with van der Waals surface area (Å²) in [5.74, 6) is -1.89. The van der Waals surface area contributed by atoms with Crippen LogP contribution in [0.1, 0.15) is 12.8 Å². The summed E-state index contributed by atoms with van der Waals surface area (Å²) in [5.41, 5.74) is 0.368. The number of carbonyl (C=O) groups is 3. The van der Waals surface area contributed by atoms with Crippen molar-refractivity contribution in [3.05, 3.63) is 29.0 Å². The maximum absolute atomic E-state index is 13.5. The maximum atomic E-state index is 13.5. The zero-order valence-electron chi connectivity index (χ0n) is 12.0. The first-order valence-corrected chi connectivity index (χ1v) is 7.26. The second kappa shape index (κ2) is 7.28. The van der Waals surface area contributed by atoms with Crippen LogP contribution in [-0.2, 0) is 9.59 Å². The van der Waals surface area contributed by atoms with Crippen molar-refractivity contribution >= 4 is 35.2 Å². The molecule has 2 rings (SSSR count). The van der Waals surface area contributed by atoms with Crippen molar-refractivity contribution in [2.75, 3.05) is 18.0 Å². The molecule has 0 spiro atoms. The summed E-state index contributed by atoms with van der Waals surface area (Å²) in [4.78, 5) is 35.3. The van der Waals surface area contributed by atoms with Gasteiger partial charge in [0, 0.05) is 25.2 Å². The number of amides is 3. The van der Waals surface area contributed by atoms with Crippen molar-refractivity contribution in [1.82, 2.24) is 10.6 Å². The summed E-state index contributed by atoms with van der Waals surface area (Å²) in [7, 11) is 0. The number of carbonyl (C=O) groups excluding carboxylic acids is 2. The van der Waals surface area contributed by atoms with Crippen molar-refractivity contribution in [1.29, 1.82) is 0 Å². The average Bonchev–Trinajstić information content (AvgIpc) is 2.82. The zero-order valence-corrected chi connectivity index (χ0v) is 12.8. The van der Waals surface area contributed by atoms with Crippen LogP contribution in [0.4, 0.5) is 14.9 Å². The third kappa shape index (κ3) is 4.56. The van der Waals surface area contributed by atoms with Crippen LogP contribution in [0.5, 0.6) is 0 Å². The highest BCUT2D eigenvalue weighted by molar-refractivity contribution is 6.30. The summed E-state index contributed by atoms with van der Waals surface area (Å²) in [6, 6.07) is 3.06. The average molecular weight is 344 g/mol. The molecule has 1 aliphatic rings. The van der Waals surface area contributed by atoms with Crippen molar-refractivity contribution < 1.29 is 23.9 Å². The van der Waals surface area contributed by atoms with Crippen LogP contribution < -0.4 is 15.5 Å². The Morgan fingerprint density at radius 3 is 2.83 bits per heavy atom. The van der Waals surface area contributed by atoms with E-state index >= 15 is 0 Å². The molecular formula is C14H15ClFN3O4. The van der Waals surface area contributed by atoms with E-state index in [4.69, 9.17) is 16.7 Å². The molecule has 0 aromatic heterocycles. The molecule has 1 fully saturated rings. The summed E-state index contributed by atoms with van der Waals surface area (Å²) in [6.07, 6.45) is -0.107. The molecule has 0 aliphatic carbocycles. The number of benzene rings is 1. The van der Waals surface area contributed by atoms with Gasteiger partial charge in [0.15, 0.2) is 0 Å². The number of rotatable bonds is 5. The van der Waals surface area contributed by atoms with Gasteiger partial charge in [0.05, 0.1) is 17.5 Å². The number of hydrogen-bond acceptors (Lipinski definition) is 3. The second-order valence-electron chi connectivity index (χ2n) is 5.05. The van der Waals surface area contributed by atoms with Crippen molar-refractivity contribution in [2.45, 2.75) is 18.9 Å². The second-order valence-corrected chi connectivity index (χ2v) is 5.45. The van der Waals surface area contributed by atoms with Gasteiger partial charge in [0.2, 0.25) is 5.91 Å². The van der Waals surface area contributed by atoms with Gasteiger partial charge in [0.1, 0.15) is 5.82 Å². The zero-order chi connectivity index (χ0) is 17.0. The van der Waals surface area contributed by atoms with E-state index in [2.05, 4.69) is 10.6 Å². The molecule has 0 saturated carbocycles. The van der Waals surface area contributed by atoms with E-state index in [9.17, 15) is 18.8 Å². The van der Waals surface area contributed by atoms with Crippen LogP contribution in [-0.4, -0.2) is 42.1 Å². The highest BCUT2D eigenvalue weighted by Crippen LogP contribution is 2.25. The highest BCUT2D eigenvalue weighted by atomic mass is 35.5. The largest absolute Gasteiger partial charge is 0.481 e. The fourth-order valence-corrected chi connectivity index (χ4v) is 2.34. The molecule has 1 aromatic rings. The van der Waals surface area contributed by atoms with Gasteiger partial charge in [-0.3, -0.25) is 9.59 Å². The quantitative estimate of drug-likeness (QED) is 0.751. The number of hydrogen-bond donors (Lipinski definition) is 3. The molecule has 3 N–H and O–H groups in total. The lowest BCUT2D eigenvalue weighted by molar-refractivity contribution is -0.136. The Labute approximate surface area is 136 Å². The van der Waals surface area contributed by atoms with Gasteiger partial charge in [-0.15, -0.1) is 0 Å². The maximum Gasteiger partial charge on any atom is 0.315 e. The molecule has 9 heteroatoms. The van der Waals surface area contributed by atoms with Gasteiger partial charge < -0.3 is 20.6 Å². The fraction of sp³-hybridized carbons (Fsp3) is 0.357. The molecule has 7 nitrogen and oxygen atoms in total. The van der Waals surface area contributed by atoms with E-state index in [1.807, 2.05) is 0 Å². The Kier molecular flexibility index (Phi) is 5.38. The SMILES string of the molecule is O=C(O)CCNC(=O)NC1CC(=O)N(c2ccc(Cl)c(F)c2)C1. The Morgan fingerprint density at radius 2 is 2.17 bits per heavy atom. The van der Waals surface area contributed by atoms with Gasteiger partial charge in [-0.05, 0) is 18.2 Å². The summed E-state index contributed by atoms with van der Waals surface area (Å²) < 4.78 is 13.5. The van der Waals surface area contributed by atoms with Crippen molar-refractivity contribution in [3.63, 3.8) is 0 Å². The lowest BCUT2D eigenvalue weighted by Crippen LogP contribution is -2.43. The molecule has 1 atom stereocenters. The number of nitrogens with zero attached hydrogens (tertiary/aromatic N) is 1. The van der Waals surface area contributed by atoms with Crippen LogP contribution in [0.15, 0.2) is 18.2 Å². The first kappa shape index (κ1) is 17.0. The molecule has 1 aliphatic heterocycles. The smallest absolute Gasteiger partial charge is 0.315 e. The molecule has 23 heavy (non-hydrogen) atoms. The number of urea groups is 1. The van der Waals surface area contributed by atoms with Crippen LogP contribution in [0.2, 0.25) is 5.02 Å². The number of halogens is 2. The monoisotopic (exact) mass is 343 g/mol. The normalized spacial score (nSPS) is 17.2. The number of anilines is 1. The number of carboxylic acid groups (broad SMARTS) is 1. The van der Waals surface area contributed by atoms with Gasteiger partial charge in [-0.2, -0.15) is 0 Å². The topological polar surface area (TPSA) is 98.7 Å². The minimum absolute atomic E-state index is 0.00601. The number of nitrogens with one attached hydrogen (secondary N) is 2. The third-order valence-corrected chi connectivity index (χ3v) is 3.61.